The van der Waals surface area contributed by atoms with Crippen molar-refractivity contribution in [2.24, 2.45) is 0 Å². The average Bonchev–Trinajstić information content (AvgIpc) is 2.97. The Labute approximate surface area is 248 Å². The van der Waals surface area contributed by atoms with E-state index in [4.69, 9.17) is 0 Å². The maximum atomic E-state index is 13.6. The Balaban J connectivity index is 1.64. The lowest BCUT2D eigenvalue weighted by Gasteiger charge is -2.23. The van der Waals surface area contributed by atoms with Gasteiger partial charge in [0.1, 0.15) is 17.7 Å². The lowest BCUT2D eigenvalue weighted by atomic mass is 10.0. The quantitative estimate of drug-likeness (QED) is 0.229. The molecule has 0 bridgehead atoms. The summed E-state index contributed by atoms with van der Waals surface area (Å²) in [5.41, 5.74) is 3.64. The lowest BCUT2D eigenvalue weighted by molar-refractivity contribution is -0.135. The standard InChI is InChI=1S/C32H42FN7O2/c1-6-18-34-30-26(22-36-32(38-30)37-28-14-9-13-27(33)20-28)17-16-24-11-7-8-12-25(24)21-35-31(42)23(2)40(5)29(41)15-10-19-39(3)4/h7-15,20,22-23H,6,16-19,21H2,1-5H3,(H,35,42)(H2,34,36,37,38)/b15-10+/t23-/m0/s1. The highest BCUT2D eigenvalue weighted by Gasteiger charge is 2.21. The van der Waals surface area contributed by atoms with Crippen molar-refractivity contribution in [3.63, 3.8) is 0 Å². The third-order valence-corrected chi connectivity index (χ3v) is 6.76. The van der Waals surface area contributed by atoms with Gasteiger partial charge in [-0.1, -0.05) is 43.3 Å². The van der Waals surface area contributed by atoms with Crippen molar-refractivity contribution in [3.05, 3.63) is 89.4 Å². The Hall–Kier alpha value is -4.31. The number of nitrogens with one attached hydrogen (secondary N) is 3. The molecule has 0 fully saturated rings. The number of carbonyl (C=O) groups excluding carboxylic acids is 2. The van der Waals surface area contributed by atoms with Gasteiger partial charge in [0.25, 0.3) is 0 Å². The highest BCUT2D eigenvalue weighted by atomic mass is 19.1. The van der Waals surface area contributed by atoms with Gasteiger partial charge in [0, 0.05) is 50.2 Å². The number of anilines is 3. The molecule has 0 saturated carbocycles. The molecular formula is C32H42FN7O2. The van der Waals surface area contributed by atoms with Gasteiger partial charge in [-0.25, -0.2) is 9.37 Å². The molecule has 1 heterocycles. The van der Waals surface area contributed by atoms with E-state index in [1.165, 1.54) is 23.1 Å². The second kappa shape index (κ2) is 16.2. The first-order chi connectivity index (χ1) is 20.2. The predicted octanol–water partition coefficient (Wildman–Crippen LogP) is 4.55. The van der Waals surface area contributed by atoms with E-state index in [-0.39, 0.29) is 17.6 Å². The van der Waals surface area contributed by atoms with E-state index in [1.54, 1.807) is 38.4 Å². The lowest BCUT2D eigenvalue weighted by Crippen LogP contribution is -2.45. The van der Waals surface area contributed by atoms with Crippen molar-refractivity contribution in [2.75, 3.05) is 44.9 Å². The van der Waals surface area contributed by atoms with Crippen molar-refractivity contribution in [2.45, 2.75) is 45.7 Å². The Morgan fingerprint density at radius 1 is 1.02 bits per heavy atom. The first-order valence-corrected chi connectivity index (χ1v) is 14.2. The minimum atomic E-state index is -0.613. The number of benzene rings is 2. The number of carbonyl (C=O) groups is 2. The van der Waals surface area contributed by atoms with Crippen LogP contribution in [0.4, 0.5) is 21.8 Å². The molecular weight excluding hydrogens is 533 g/mol. The molecule has 0 unspecified atom stereocenters. The van der Waals surface area contributed by atoms with Crippen LogP contribution in [0, 0.1) is 5.82 Å². The third-order valence-electron chi connectivity index (χ3n) is 6.76. The fourth-order valence-electron chi connectivity index (χ4n) is 4.16. The van der Waals surface area contributed by atoms with Crippen LogP contribution in [0.3, 0.4) is 0 Å². The second-order valence-corrected chi connectivity index (χ2v) is 10.4. The summed E-state index contributed by atoms with van der Waals surface area (Å²) >= 11 is 0. The molecule has 224 valence electrons. The molecule has 0 aliphatic rings. The highest BCUT2D eigenvalue weighted by molar-refractivity contribution is 5.92. The second-order valence-electron chi connectivity index (χ2n) is 10.4. The molecule has 2 aromatic carbocycles. The number of hydrogen-bond donors (Lipinski definition) is 3. The summed E-state index contributed by atoms with van der Waals surface area (Å²) in [7, 11) is 5.48. The van der Waals surface area contributed by atoms with Crippen LogP contribution in [0.5, 0.6) is 0 Å². The fourth-order valence-corrected chi connectivity index (χ4v) is 4.16. The Morgan fingerprint density at radius 3 is 2.48 bits per heavy atom. The normalized spacial score (nSPS) is 11.9. The molecule has 1 atom stereocenters. The van der Waals surface area contributed by atoms with E-state index >= 15 is 0 Å². The molecule has 9 nitrogen and oxygen atoms in total. The van der Waals surface area contributed by atoms with Crippen molar-refractivity contribution in [3.8, 4) is 0 Å². The number of aryl methyl sites for hydroxylation is 2. The number of nitrogens with zero attached hydrogens (tertiary/aromatic N) is 4. The molecule has 3 aromatic rings. The summed E-state index contributed by atoms with van der Waals surface area (Å²) in [5.74, 6) is 0.349. The summed E-state index contributed by atoms with van der Waals surface area (Å²) in [6.45, 7) is 5.56. The van der Waals surface area contributed by atoms with Gasteiger partial charge < -0.3 is 25.8 Å². The Kier molecular flexibility index (Phi) is 12.4. The molecule has 42 heavy (non-hydrogen) atoms. The summed E-state index contributed by atoms with van der Waals surface area (Å²) in [6.07, 6.45) is 7.41. The van der Waals surface area contributed by atoms with E-state index < -0.39 is 6.04 Å². The summed E-state index contributed by atoms with van der Waals surface area (Å²) in [6, 6.07) is 13.5. The van der Waals surface area contributed by atoms with Crippen molar-refractivity contribution >= 4 is 29.3 Å². The van der Waals surface area contributed by atoms with Gasteiger partial charge in [0.2, 0.25) is 17.8 Å². The predicted molar refractivity (Wildman–Crippen MR) is 166 cm³/mol. The molecule has 2 amide bonds. The topological polar surface area (TPSA) is 102 Å². The molecule has 0 saturated heterocycles. The van der Waals surface area contributed by atoms with Gasteiger partial charge in [0.05, 0.1) is 0 Å². The van der Waals surface area contributed by atoms with Crippen LogP contribution in [0.1, 0.15) is 37.0 Å². The number of amides is 2. The zero-order valence-corrected chi connectivity index (χ0v) is 25.2. The van der Waals surface area contributed by atoms with E-state index in [2.05, 4.69) is 38.9 Å². The van der Waals surface area contributed by atoms with Crippen molar-refractivity contribution in [1.29, 1.82) is 0 Å². The van der Waals surface area contributed by atoms with Gasteiger partial charge in [-0.3, -0.25) is 9.59 Å². The zero-order chi connectivity index (χ0) is 30.5. The van der Waals surface area contributed by atoms with E-state index in [0.717, 1.165) is 41.9 Å². The maximum Gasteiger partial charge on any atom is 0.246 e. The summed E-state index contributed by atoms with van der Waals surface area (Å²) in [4.78, 5) is 37.8. The number of aromatic nitrogens is 2. The Bertz CT molecular complexity index is 1360. The third kappa shape index (κ3) is 9.95. The minimum absolute atomic E-state index is 0.216. The van der Waals surface area contributed by atoms with Gasteiger partial charge in [-0.05, 0) is 69.6 Å². The average molecular weight is 576 g/mol. The number of likely N-dealkylation sites (N-methyl/N-ethyl adjacent to an activating group) is 2. The van der Waals surface area contributed by atoms with Gasteiger partial charge >= 0.3 is 0 Å². The highest BCUT2D eigenvalue weighted by Crippen LogP contribution is 2.21. The van der Waals surface area contributed by atoms with Crippen molar-refractivity contribution < 1.29 is 14.0 Å². The van der Waals surface area contributed by atoms with Gasteiger partial charge in [-0.15, -0.1) is 0 Å². The van der Waals surface area contributed by atoms with E-state index in [9.17, 15) is 14.0 Å². The monoisotopic (exact) mass is 575 g/mol. The summed E-state index contributed by atoms with van der Waals surface area (Å²) < 4.78 is 13.6. The maximum absolute atomic E-state index is 13.6. The van der Waals surface area contributed by atoms with Crippen LogP contribution >= 0.6 is 0 Å². The summed E-state index contributed by atoms with van der Waals surface area (Å²) in [5, 5.41) is 9.43. The molecule has 3 rings (SSSR count). The molecule has 0 radical (unpaired) electrons. The van der Waals surface area contributed by atoms with Gasteiger partial charge in [-0.2, -0.15) is 4.98 Å². The van der Waals surface area contributed by atoms with E-state index in [1.807, 2.05) is 37.2 Å². The van der Waals surface area contributed by atoms with Crippen molar-refractivity contribution in [1.82, 2.24) is 25.1 Å². The largest absolute Gasteiger partial charge is 0.370 e. The van der Waals surface area contributed by atoms with Crippen LogP contribution < -0.4 is 16.0 Å². The van der Waals surface area contributed by atoms with Gasteiger partial charge in [0.15, 0.2) is 0 Å². The Morgan fingerprint density at radius 2 is 1.76 bits per heavy atom. The first kappa shape index (κ1) is 32.2. The molecule has 0 aliphatic heterocycles. The fraction of sp³-hybridized carbons (Fsp3) is 0.375. The van der Waals surface area contributed by atoms with Crippen LogP contribution in [-0.2, 0) is 29.0 Å². The van der Waals surface area contributed by atoms with Crippen LogP contribution in [0.25, 0.3) is 0 Å². The minimum Gasteiger partial charge on any atom is -0.370 e. The van der Waals surface area contributed by atoms with E-state index in [0.29, 0.717) is 31.1 Å². The smallest absolute Gasteiger partial charge is 0.246 e. The number of rotatable bonds is 15. The molecule has 1 aromatic heterocycles. The molecule has 0 aliphatic carbocycles. The molecule has 10 heteroatoms. The van der Waals surface area contributed by atoms with Crippen LogP contribution in [-0.4, -0.2) is 71.9 Å². The zero-order valence-electron chi connectivity index (χ0n) is 25.2. The molecule has 3 N–H and O–H groups in total. The first-order valence-electron chi connectivity index (χ1n) is 14.2. The number of hydrogen-bond acceptors (Lipinski definition) is 7. The van der Waals surface area contributed by atoms with Crippen LogP contribution in [0.15, 0.2) is 66.9 Å². The SMILES string of the molecule is CCCNc1nc(Nc2cccc(F)c2)ncc1CCc1ccccc1CNC(=O)[C@H](C)N(C)C(=O)/C=C/CN(C)C. The van der Waals surface area contributed by atoms with Crippen LogP contribution in [0.2, 0.25) is 0 Å². The number of halogens is 1. The molecule has 0 spiro atoms.